The van der Waals surface area contributed by atoms with Crippen LogP contribution in [0.5, 0.6) is 46.0 Å². The van der Waals surface area contributed by atoms with Crippen LogP contribution < -0.4 is 51.0 Å². The molecular weight excluding hydrogens is 1300 g/mol. The highest BCUT2D eigenvalue weighted by molar-refractivity contribution is 7.74. The summed E-state index contributed by atoms with van der Waals surface area (Å²) in [5.41, 5.74) is 10.2. The number of nitrogens with zero attached hydrogens (tertiary/aromatic N) is 4. The average Bonchev–Trinajstić information content (AvgIpc) is 0.906. The number of nitrogen functional groups attached to an aromatic ring is 2. The fourth-order valence-corrected chi connectivity index (χ4v) is 15.0. The molecule has 0 aliphatic carbocycles. The van der Waals surface area contributed by atoms with Crippen molar-refractivity contribution < 1.29 is 78.3 Å². The number of carbonyl (C=O) groups is 2. The minimum atomic E-state index is -3.94. The molecular formula is C64H64Cl2F4N6O15P2. The molecule has 0 saturated heterocycles. The fourth-order valence-electron chi connectivity index (χ4n) is 9.22. The van der Waals surface area contributed by atoms with E-state index in [4.69, 9.17) is 76.7 Å². The van der Waals surface area contributed by atoms with Crippen LogP contribution in [-0.2, 0) is 35.5 Å². The molecule has 2 atom stereocenters. The Hall–Kier alpha value is -8.80. The van der Waals surface area contributed by atoms with E-state index in [1.165, 1.54) is 104 Å². The molecule has 4 heterocycles. The molecule has 8 rings (SSSR count). The summed E-state index contributed by atoms with van der Waals surface area (Å²) in [7, 11) is -7.51. The van der Waals surface area contributed by atoms with Gasteiger partial charge in [-0.25, -0.2) is 27.5 Å². The highest BCUT2D eigenvalue weighted by atomic mass is 35.5. The summed E-state index contributed by atoms with van der Waals surface area (Å²) >= 11 is 12.2. The summed E-state index contributed by atoms with van der Waals surface area (Å²) in [6, 6.07) is 20.9. The second kappa shape index (κ2) is 32.7. The standard InChI is InChI=1S/C36H42ClF2N3O10P2.C28H22ClF2N3O5/c1-6-47-29-15-18-42(36(44)33(29)27(43)21-23-10-13-28(26(39)20-23)52-30-14-17-41-35(40)34(30)37)24-11-12-25(38)31(22-24)48-19-16-32(53(5,45)49-7-2)54(46,50-8-3)51-9-4;1-3-37-22-10-12-34(17-6-7-18(30)24(15-17)38-4-2)28(36)25(22)20(35)14-16-5-8-21(19(31)13-16)39-23-9-11-33-27(32)26(23)29/h10-15,17-18,20,22,32H,6-9,16,19,21H2,1-5H3,(H2,40,41);4-13,15H,2-3,14H2,1H3,(H2,32,33). The molecule has 21 nitrogen and oxygen atoms in total. The SMILES string of the molecule is C=COc1cc(-n2ccc(OCC)c(C(=O)Cc3ccc(Oc4ccnc(N)c4Cl)c(F)c3)c2=O)ccc1F.CCOc1ccn(-c2ccc(F)c(OCCC(P(C)(=O)OCC)P(=O)(OCC)OCC)c2)c(=O)c1C(=O)Cc1ccc(Oc2ccnc(N)c2Cl)c(F)c1. The number of carbonyl (C=O) groups excluding carboxylic acids is 2. The van der Waals surface area contributed by atoms with Crippen molar-refractivity contribution in [3.8, 4) is 57.4 Å². The second-order valence-electron chi connectivity index (χ2n) is 19.6. The van der Waals surface area contributed by atoms with Crippen LogP contribution in [0.2, 0.25) is 10.0 Å². The molecule has 0 aliphatic rings. The third kappa shape index (κ3) is 17.7. The number of Topliss-reactive ketones (excluding diaryl/α,β-unsaturated/α-hetero) is 2. The molecule has 0 saturated carbocycles. The Labute approximate surface area is 541 Å². The number of nitrogens with two attached hydrogens (primary N) is 2. The van der Waals surface area contributed by atoms with Gasteiger partial charge in [0.1, 0.15) is 49.7 Å². The van der Waals surface area contributed by atoms with Crippen molar-refractivity contribution in [3.63, 3.8) is 0 Å². The van der Waals surface area contributed by atoms with Gasteiger partial charge < -0.3 is 53.5 Å². The molecule has 0 spiro atoms. The van der Waals surface area contributed by atoms with Crippen LogP contribution in [0.3, 0.4) is 0 Å². The number of pyridine rings is 4. The first kappa shape index (κ1) is 71.6. The van der Waals surface area contributed by atoms with Crippen LogP contribution >= 0.6 is 38.2 Å². The maximum Gasteiger partial charge on any atom is 0.343 e. The Morgan fingerprint density at radius 3 is 1.42 bits per heavy atom. The predicted molar refractivity (Wildman–Crippen MR) is 343 cm³/mol. The molecule has 492 valence electrons. The van der Waals surface area contributed by atoms with Crippen molar-refractivity contribution in [2.24, 2.45) is 0 Å². The lowest BCUT2D eigenvalue weighted by Crippen LogP contribution is -2.27. The third-order valence-corrected chi connectivity index (χ3v) is 20.5. The van der Waals surface area contributed by atoms with E-state index in [1.807, 2.05) is 0 Å². The van der Waals surface area contributed by atoms with E-state index < -0.39 is 66.3 Å². The first-order valence-electron chi connectivity index (χ1n) is 28.6. The Bertz CT molecular complexity index is 4270. The Balaban J connectivity index is 0.000000277. The van der Waals surface area contributed by atoms with Gasteiger partial charge in [-0.1, -0.05) is 41.9 Å². The van der Waals surface area contributed by atoms with Gasteiger partial charge in [-0.3, -0.25) is 37.4 Å². The summed E-state index contributed by atoms with van der Waals surface area (Å²) in [4.78, 5) is 61.9. The smallest absolute Gasteiger partial charge is 0.343 e. The van der Waals surface area contributed by atoms with Gasteiger partial charge in [0.05, 0.1) is 57.3 Å². The summed E-state index contributed by atoms with van der Waals surface area (Å²) in [5, 5.41) is -1.16. The van der Waals surface area contributed by atoms with Gasteiger partial charge in [0.25, 0.3) is 11.1 Å². The van der Waals surface area contributed by atoms with Crippen molar-refractivity contribution in [1.82, 2.24) is 19.1 Å². The zero-order valence-electron chi connectivity index (χ0n) is 51.0. The quantitative estimate of drug-likeness (QED) is 0.0183. The average molecular weight is 1370 g/mol. The summed E-state index contributed by atoms with van der Waals surface area (Å²) in [6.45, 7) is 13.2. The van der Waals surface area contributed by atoms with E-state index in [0.29, 0.717) is 0 Å². The summed E-state index contributed by atoms with van der Waals surface area (Å²) in [5.74, 6) is -4.74. The van der Waals surface area contributed by atoms with Crippen LogP contribution in [0.15, 0.2) is 144 Å². The van der Waals surface area contributed by atoms with E-state index in [9.17, 15) is 37.1 Å². The van der Waals surface area contributed by atoms with Crippen LogP contribution in [0, 0.1) is 23.3 Å². The molecule has 0 amide bonds. The monoisotopic (exact) mass is 1360 g/mol. The number of ether oxygens (including phenoxy) is 6. The molecule has 0 aliphatic heterocycles. The number of benzene rings is 4. The lowest BCUT2D eigenvalue weighted by Gasteiger charge is -2.30. The van der Waals surface area contributed by atoms with E-state index in [0.717, 1.165) is 39.7 Å². The van der Waals surface area contributed by atoms with Crippen LogP contribution in [0.4, 0.5) is 29.2 Å². The third-order valence-electron chi connectivity index (χ3n) is 13.3. The minimum Gasteiger partial charge on any atom is -0.493 e. The summed E-state index contributed by atoms with van der Waals surface area (Å²) in [6.07, 6.45) is 5.69. The zero-order chi connectivity index (χ0) is 67.7. The molecule has 93 heavy (non-hydrogen) atoms. The summed E-state index contributed by atoms with van der Waals surface area (Å²) < 4.78 is 138. The minimum absolute atomic E-state index is 0.00380. The number of rotatable bonds is 30. The Kier molecular flexibility index (Phi) is 25.2. The number of hydrogen-bond acceptors (Lipinski definition) is 19. The molecule has 2 unspecified atom stereocenters. The van der Waals surface area contributed by atoms with Crippen LogP contribution in [0.25, 0.3) is 11.4 Å². The van der Waals surface area contributed by atoms with E-state index in [-0.39, 0.29) is 160 Å². The second-order valence-corrected chi connectivity index (χ2v) is 25.7. The fraction of sp³-hybridized carbons (Fsp3) is 0.250. The molecule has 0 bridgehead atoms. The molecule has 8 aromatic rings. The number of halogens is 6. The lowest BCUT2D eigenvalue weighted by atomic mass is 10.0. The number of hydrogen-bond donors (Lipinski definition) is 2. The zero-order valence-corrected chi connectivity index (χ0v) is 54.3. The maximum absolute atomic E-state index is 15.1. The van der Waals surface area contributed by atoms with Crippen LogP contribution in [-0.4, -0.2) is 82.4 Å². The number of ketones is 2. The number of anilines is 2. The van der Waals surface area contributed by atoms with Crippen molar-refractivity contribution in [2.45, 2.75) is 59.3 Å². The van der Waals surface area contributed by atoms with Gasteiger partial charge in [0, 0.05) is 75.0 Å². The molecule has 4 N–H and O–H groups in total. The van der Waals surface area contributed by atoms with Crippen molar-refractivity contribution in [3.05, 3.63) is 211 Å². The van der Waals surface area contributed by atoms with Crippen molar-refractivity contribution in [1.29, 1.82) is 0 Å². The van der Waals surface area contributed by atoms with Gasteiger partial charge in [-0.2, -0.15) is 0 Å². The van der Waals surface area contributed by atoms with Gasteiger partial charge in [-0.15, -0.1) is 0 Å². The lowest BCUT2D eigenvalue weighted by molar-refractivity contribution is 0.0978. The molecule has 0 radical (unpaired) electrons. The van der Waals surface area contributed by atoms with Crippen molar-refractivity contribution in [2.75, 3.05) is 57.8 Å². The predicted octanol–water partition coefficient (Wildman–Crippen LogP) is 14.6. The normalized spacial score (nSPS) is 12.2. The molecule has 0 fully saturated rings. The highest BCUT2D eigenvalue weighted by Gasteiger charge is 2.46. The van der Waals surface area contributed by atoms with Crippen LogP contribution in [0.1, 0.15) is 72.9 Å². The van der Waals surface area contributed by atoms with Gasteiger partial charge in [0.2, 0.25) is 7.37 Å². The van der Waals surface area contributed by atoms with Gasteiger partial charge in [0.15, 0.2) is 69.3 Å². The van der Waals surface area contributed by atoms with E-state index in [2.05, 4.69) is 16.5 Å². The largest absolute Gasteiger partial charge is 0.493 e. The molecule has 4 aromatic carbocycles. The molecule has 29 heteroatoms. The van der Waals surface area contributed by atoms with Crippen molar-refractivity contribution >= 4 is 61.4 Å². The number of aromatic nitrogens is 4. The maximum atomic E-state index is 15.1. The first-order valence-corrected chi connectivity index (χ1v) is 33.1. The molecule has 4 aromatic heterocycles. The Morgan fingerprint density at radius 1 is 0.559 bits per heavy atom. The topological polar surface area (TPSA) is 273 Å². The first-order chi connectivity index (χ1) is 44.4. The van der Waals surface area contributed by atoms with E-state index in [1.54, 1.807) is 34.6 Å². The Morgan fingerprint density at radius 2 is 1.00 bits per heavy atom. The van der Waals surface area contributed by atoms with Gasteiger partial charge >= 0.3 is 7.60 Å². The van der Waals surface area contributed by atoms with Gasteiger partial charge in [-0.05, 0) is 106 Å². The highest BCUT2D eigenvalue weighted by Crippen LogP contribution is 2.69. The van der Waals surface area contributed by atoms with E-state index >= 15 is 8.78 Å².